The molecule has 0 fully saturated rings. The van der Waals surface area contributed by atoms with Crippen molar-refractivity contribution in [3.63, 3.8) is 0 Å². The van der Waals surface area contributed by atoms with Crippen molar-refractivity contribution in [3.8, 4) is 17.2 Å². The third-order valence-corrected chi connectivity index (χ3v) is 5.26. The number of halogens is 1. The molecule has 1 aromatic heterocycles. The molecular weight excluding hydrogens is 412 g/mol. The second-order valence-corrected chi connectivity index (χ2v) is 7.56. The largest absolute Gasteiger partial charge is 0.493 e. The second kappa shape index (κ2) is 9.62. The van der Waals surface area contributed by atoms with Crippen LogP contribution in [0.4, 0.5) is 0 Å². The Bertz CT molecular complexity index is 975. The zero-order valence-electron chi connectivity index (χ0n) is 16.3. The van der Waals surface area contributed by atoms with Crippen LogP contribution in [-0.4, -0.2) is 37.1 Å². The SMILES string of the molecule is COc1cccc(CN(C)C(=O)c2csc(COc3ccc(Cl)cc3)n2)c1OC. The van der Waals surface area contributed by atoms with Gasteiger partial charge < -0.3 is 19.1 Å². The van der Waals surface area contributed by atoms with Crippen LogP contribution in [0.3, 0.4) is 0 Å². The van der Waals surface area contributed by atoms with Crippen LogP contribution in [-0.2, 0) is 13.2 Å². The monoisotopic (exact) mass is 432 g/mol. The standard InChI is InChI=1S/C21H21ClN2O4S/c1-24(11-14-5-4-6-18(26-2)20(14)27-3)21(25)17-13-29-19(23-17)12-28-16-9-7-15(22)8-10-16/h4-10,13H,11-12H2,1-3H3. The summed E-state index contributed by atoms with van der Waals surface area (Å²) < 4.78 is 16.4. The Morgan fingerprint density at radius 3 is 2.59 bits per heavy atom. The van der Waals surface area contributed by atoms with Gasteiger partial charge in [0.2, 0.25) is 0 Å². The van der Waals surface area contributed by atoms with Gasteiger partial charge in [-0.1, -0.05) is 23.7 Å². The van der Waals surface area contributed by atoms with Gasteiger partial charge in [-0.3, -0.25) is 4.79 Å². The summed E-state index contributed by atoms with van der Waals surface area (Å²) in [6, 6.07) is 12.7. The zero-order valence-corrected chi connectivity index (χ0v) is 17.9. The third kappa shape index (κ3) is 5.19. The first-order valence-electron chi connectivity index (χ1n) is 8.80. The third-order valence-electron chi connectivity index (χ3n) is 4.19. The average Bonchev–Trinajstić information content (AvgIpc) is 3.21. The van der Waals surface area contributed by atoms with Gasteiger partial charge in [0, 0.05) is 29.6 Å². The first kappa shape index (κ1) is 21.0. The molecule has 0 aliphatic carbocycles. The van der Waals surface area contributed by atoms with Gasteiger partial charge in [-0.2, -0.15) is 0 Å². The zero-order chi connectivity index (χ0) is 20.8. The van der Waals surface area contributed by atoms with E-state index < -0.39 is 0 Å². The number of amides is 1. The van der Waals surface area contributed by atoms with E-state index >= 15 is 0 Å². The molecule has 152 valence electrons. The molecule has 0 unspecified atom stereocenters. The van der Waals surface area contributed by atoms with E-state index in [0.29, 0.717) is 34.5 Å². The van der Waals surface area contributed by atoms with Crippen molar-refractivity contribution in [1.82, 2.24) is 9.88 Å². The number of hydrogen-bond donors (Lipinski definition) is 0. The number of rotatable bonds is 8. The molecule has 6 nitrogen and oxygen atoms in total. The van der Waals surface area contributed by atoms with Crippen LogP contribution < -0.4 is 14.2 Å². The topological polar surface area (TPSA) is 60.9 Å². The Hall–Kier alpha value is -2.77. The fourth-order valence-electron chi connectivity index (χ4n) is 2.75. The van der Waals surface area contributed by atoms with Crippen LogP contribution in [0.1, 0.15) is 21.1 Å². The molecule has 0 aliphatic heterocycles. The molecule has 0 radical (unpaired) electrons. The first-order chi connectivity index (χ1) is 14.0. The number of para-hydroxylation sites is 1. The highest BCUT2D eigenvalue weighted by atomic mass is 35.5. The second-order valence-electron chi connectivity index (χ2n) is 6.18. The molecule has 0 spiro atoms. The van der Waals surface area contributed by atoms with Crippen molar-refractivity contribution in [2.75, 3.05) is 21.3 Å². The summed E-state index contributed by atoms with van der Waals surface area (Å²) in [5, 5.41) is 3.10. The molecule has 1 amide bonds. The summed E-state index contributed by atoms with van der Waals surface area (Å²) in [6.45, 7) is 0.653. The van der Waals surface area contributed by atoms with E-state index in [1.165, 1.54) is 11.3 Å². The number of nitrogens with zero attached hydrogens (tertiary/aromatic N) is 2. The van der Waals surface area contributed by atoms with E-state index in [-0.39, 0.29) is 12.5 Å². The van der Waals surface area contributed by atoms with Gasteiger partial charge in [0.05, 0.1) is 14.2 Å². The Kier molecular flexibility index (Phi) is 6.95. The summed E-state index contributed by atoms with van der Waals surface area (Å²) in [6.07, 6.45) is 0. The number of thiazole rings is 1. The molecule has 1 heterocycles. The molecule has 3 rings (SSSR count). The minimum Gasteiger partial charge on any atom is -0.493 e. The van der Waals surface area contributed by atoms with Crippen LogP contribution in [0.25, 0.3) is 0 Å². The van der Waals surface area contributed by atoms with E-state index in [9.17, 15) is 4.79 Å². The highest BCUT2D eigenvalue weighted by Gasteiger charge is 2.18. The van der Waals surface area contributed by atoms with Crippen LogP contribution in [0.5, 0.6) is 17.2 Å². The summed E-state index contributed by atoms with van der Waals surface area (Å²) in [7, 11) is 4.89. The maximum absolute atomic E-state index is 12.8. The number of carbonyl (C=O) groups excluding carboxylic acids is 1. The lowest BCUT2D eigenvalue weighted by molar-refractivity contribution is 0.0778. The Morgan fingerprint density at radius 1 is 1.14 bits per heavy atom. The van der Waals surface area contributed by atoms with Gasteiger partial charge >= 0.3 is 0 Å². The van der Waals surface area contributed by atoms with Crippen LogP contribution in [0, 0.1) is 0 Å². The number of benzene rings is 2. The van der Waals surface area contributed by atoms with Crippen molar-refractivity contribution in [2.24, 2.45) is 0 Å². The van der Waals surface area contributed by atoms with E-state index in [2.05, 4.69) is 4.98 Å². The van der Waals surface area contributed by atoms with Crippen molar-refractivity contribution >= 4 is 28.8 Å². The number of hydrogen-bond acceptors (Lipinski definition) is 6. The lowest BCUT2D eigenvalue weighted by Gasteiger charge is -2.19. The maximum Gasteiger partial charge on any atom is 0.273 e. The molecule has 0 atom stereocenters. The minimum absolute atomic E-state index is 0.177. The molecule has 0 bridgehead atoms. The molecule has 0 N–H and O–H groups in total. The predicted octanol–water partition coefficient (Wildman–Crippen LogP) is 4.66. The van der Waals surface area contributed by atoms with Gasteiger partial charge in [0.1, 0.15) is 23.1 Å². The number of aromatic nitrogens is 1. The van der Waals surface area contributed by atoms with Crippen molar-refractivity contribution in [2.45, 2.75) is 13.2 Å². The van der Waals surface area contributed by atoms with E-state index in [1.807, 2.05) is 18.2 Å². The Balaban J connectivity index is 1.64. The highest BCUT2D eigenvalue weighted by molar-refractivity contribution is 7.09. The number of ether oxygens (including phenoxy) is 3. The number of methoxy groups -OCH3 is 2. The van der Waals surface area contributed by atoms with Crippen molar-refractivity contribution in [1.29, 1.82) is 0 Å². The van der Waals surface area contributed by atoms with Crippen LogP contribution >= 0.6 is 22.9 Å². The van der Waals surface area contributed by atoms with Crippen LogP contribution in [0.15, 0.2) is 47.8 Å². The van der Waals surface area contributed by atoms with Crippen molar-refractivity contribution in [3.05, 3.63) is 69.1 Å². The fourth-order valence-corrected chi connectivity index (χ4v) is 3.56. The van der Waals surface area contributed by atoms with E-state index in [4.69, 9.17) is 25.8 Å². The molecule has 0 saturated carbocycles. The van der Waals surface area contributed by atoms with Crippen molar-refractivity contribution < 1.29 is 19.0 Å². The van der Waals surface area contributed by atoms with Gasteiger partial charge in [0.25, 0.3) is 5.91 Å². The average molecular weight is 433 g/mol. The quantitative estimate of drug-likeness (QED) is 0.517. The van der Waals surface area contributed by atoms with E-state index in [0.717, 1.165) is 10.6 Å². The minimum atomic E-state index is -0.177. The molecule has 8 heteroatoms. The summed E-state index contributed by atoms with van der Waals surface area (Å²) >= 11 is 7.25. The van der Waals surface area contributed by atoms with Gasteiger partial charge in [-0.15, -0.1) is 11.3 Å². The van der Waals surface area contributed by atoms with Crippen LogP contribution in [0.2, 0.25) is 5.02 Å². The molecule has 29 heavy (non-hydrogen) atoms. The van der Waals surface area contributed by atoms with Gasteiger partial charge in [-0.05, 0) is 30.3 Å². The molecule has 3 aromatic rings. The Morgan fingerprint density at radius 2 is 1.90 bits per heavy atom. The van der Waals surface area contributed by atoms with E-state index in [1.54, 1.807) is 55.8 Å². The summed E-state index contributed by atoms with van der Waals surface area (Å²) in [5.74, 6) is 1.76. The predicted molar refractivity (Wildman–Crippen MR) is 113 cm³/mol. The summed E-state index contributed by atoms with van der Waals surface area (Å²) in [4.78, 5) is 18.8. The summed E-state index contributed by atoms with van der Waals surface area (Å²) in [5.41, 5.74) is 1.23. The first-order valence-corrected chi connectivity index (χ1v) is 10.1. The van der Waals surface area contributed by atoms with Gasteiger partial charge in [-0.25, -0.2) is 4.98 Å². The lowest BCUT2D eigenvalue weighted by Crippen LogP contribution is -2.26. The van der Waals surface area contributed by atoms with Gasteiger partial charge in [0.15, 0.2) is 11.5 Å². The maximum atomic E-state index is 12.8. The lowest BCUT2D eigenvalue weighted by atomic mass is 10.1. The molecule has 2 aromatic carbocycles. The molecule has 0 saturated heterocycles. The molecular formula is C21H21ClN2O4S. The fraction of sp³-hybridized carbons (Fsp3) is 0.238. The molecule has 0 aliphatic rings. The number of carbonyl (C=O) groups is 1. The normalized spacial score (nSPS) is 10.5. The Labute approximate surface area is 178 Å². The smallest absolute Gasteiger partial charge is 0.273 e. The highest BCUT2D eigenvalue weighted by Crippen LogP contribution is 2.31.